The van der Waals surface area contributed by atoms with Crippen LogP contribution in [0.25, 0.3) is 10.1 Å². The monoisotopic (exact) mass is 163 g/mol. The normalized spacial score (nSPS) is 10.7. The minimum atomic E-state index is 1.09. The third-order valence-electron chi connectivity index (χ3n) is 1.66. The topological polar surface area (TPSA) is 12.9 Å². The van der Waals surface area contributed by atoms with Crippen LogP contribution in [0.2, 0.25) is 0 Å². The van der Waals surface area contributed by atoms with Crippen molar-refractivity contribution in [3.05, 3.63) is 28.9 Å². The van der Waals surface area contributed by atoms with Crippen LogP contribution in [0, 0.1) is 13.8 Å². The molecule has 0 saturated heterocycles. The van der Waals surface area contributed by atoms with Gasteiger partial charge in [-0.25, -0.2) is 0 Å². The number of hydrogen-bond acceptors (Lipinski definition) is 2. The summed E-state index contributed by atoms with van der Waals surface area (Å²) in [5.74, 6) is 0. The number of nitrogens with zero attached hydrogens (tertiary/aromatic N) is 1. The summed E-state index contributed by atoms with van der Waals surface area (Å²) in [7, 11) is 0. The Bertz CT molecular complexity index is 389. The van der Waals surface area contributed by atoms with Crippen molar-refractivity contribution in [1.29, 1.82) is 0 Å². The first-order chi connectivity index (χ1) is 5.25. The van der Waals surface area contributed by atoms with Gasteiger partial charge in [0.2, 0.25) is 0 Å². The van der Waals surface area contributed by atoms with E-state index in [1.165, 1.54) is 15.0 Å². The zero-order valence-electron chi connectivity index (χ0n) is 6.59. The van der Waals surface area contributed by atoms with Gasteiger partial charge in [0.15, 0.2) is 0 Å². The molecular formula is C9H9NS. The van der Waals surface area contributed by atoms with Gasteiger partial charge in [-0.2, -0.15) is 0 Å². The predicted molar refractivity (Wildman–Crippen MR) is 49.1 cm³/mol. The Morgan fingerprint density at radius 3 is 2.91 bits per heavy atom. The number of aryl methyl sites for hydroxylation is 2. The average Bonchev–Trinajstić information content (AvgIpc) is 2.27. The highest BCUT2D eigenvalue weighted by Crippen LogP contribution is 2.24. The first-order valence-corrected chi connectivity index (χ1v) is 4.40. The van der Waals surface area contributed by atoms with Crippen LogP contribution in [-0.2, 0) is 0 Å². The second-order valence-corrected chi connectivity index (χ2v) is 4.01. The van der Waals surface area contributed by atoms with Gasteiger partial charge in [-0.05, 0) is 31.4 Å². The molecule has 1 nitrogen and oxygen atoms in total. The number of hydrogen-bond donors (Lipinski definition) is 0. The summed E-state index contributed by atoms with van der Waals surface area (Å²) >= 11 is 1.80. The lowest BCUT2D eigenvalue weighted by Crippen LogP contribution is -1.75. The summed E-state index contributed by atoms with van der Waals surface area (Å²) in [6, 6.07) is 4.33. The fourth-order valence-corrected chi connectivity index (χ4v) is 2.06. The molecule has 2 aromatic rings. The Hall–Kier alpha value is -0.890. The van der Waals surface area contributed by atoms with Crippen molar-refractivity contribution in [2.24, 2.45) is 0 Å². The maximum absolute atomic E-state index is 4.23. The van der Waals surface area contributed by atoms with Gasteiger partial charge >= 0.3 is 0 Å². The predicted octanol–water partition coefficient (Wildman–Crippen LogP) is 2.91. The molecule has 0 spiro atoms. The van der Waals surface area contributed by atoms with E-state index < -0.39 is 0 Å². The minimum absolute atomic E-state index is 1.09. The Morgan fingerprint density at radius 2 is 2.09 bits per heavy atom. The van der Waals surface area contributed by atoms with Crippen LogP contribution in [-0.4, -0.2) is 4.98 Å². The molecule has 2 heteroatoms. The molecule has 2 rings (SSSR count). The molecule has 0 fully saturated rings. The molecule has 11 heavy (non-hydrogen) atoms. The third kappa shape index (κ3) is 1.14. The molecule has 0 radical (unpaired) electrons. The highest BCUT2D eigenvalue weighted by molar-refractivity contribution is 7.18. The van der Waals surface area contributed by atoms with Crippen LogP contribution in [0.15, 0.2) is 18.3 Å². The summed E-state index contributed by atoms with van der Waals surface area (Å²) in [6.07, 6.45) is 1.95. The number of fused-ring (bicyclic) bond motifs is 1. The van der Waals surface area contributed by atoms with Crippen LogP contribution in [0.1, 0.15) is 10.6 Å². The number of thiophene rings is 1. The lowest BCUT2D eigenvalue weighted by atomic mass is 10.3. The largest absolute Gasteiger partial charge is 0.260 e. The second kappa shape index (κ2) is 2.31. The molecule has 0 saturated carbocycles. The van der Waals surface area contributed by atoms with E-state index in [0.717, 1.165) is 5.69 Å². The van der Waals surface area contributed by atoms with Gasteiger partial charge in [0.1, 0.15) is 0 Å². The number of pyridine rings is 1. The number of rotatable bonds is 0. The summed E-state index contributed by atoms with van der Waals surface area (Å²) < 4.78 is 1.29. The van der Waals surface area contributed by atoms with Crippen molar-refractivity contribution in [2.45, 2.75) is 13.8 Å². The van der Waals surface area contributed by atoms with E-state index in [9.17, 15) is 0 Å². The fourth-order valence-electron chi connectivity index (χ4n) is 1.19. The second-order valence-electron chi connectivity index (χ2n) is 2.72. The van der Waals surface area contributed by atoms with Crippen molar-refractivity contribution in [2.75, 3.05) is 0 Å². The average molecular weight is 163 g/mol. The quantitative estimate of drug-likeness (QED) is 0.582. The van der Waals surface area contributed by atoms with Crippen LogP contribution >= 0.6 is 11.3 Å². The van der Waals surface area contributed by atoms with E-state index >= 15 is 0 Å². The summed E-state index contributed by atoms with van der Waals surface area (Å²) in [6.45, 7) is 4.15. The fraction of sp³-hybridized carbons (Fsp3) is 0.222. The highest BCUT2D eigenvalue weighted by atomic mass is 32.1. The molecular weight excluding hydrogens is 154 g/mol. The Morgan fingerprint density at radius 1 is 1.27 bits per heavy atom. The van der Waals surface area contributed by atoms with Crippen LogP contribution in [0.5, 0.6) is 0 Å². The first kappa shape index (κ1) is 6.80. The van der Waals surface area contributed by atoms with Crippen molar-refractivity contribution < 1.29 is 0 Å². The molecule has 0 aliphatic carbocycles. The summed E-state index contributed by atoms with van der Waals surface area (Å²) in [5, 5.41) is 1.32. The van der Waals surface area contributed by atoms with E-state index in [2.05, 4.69) is 24.0 Å². The molecule has 2 heterocycles. The Kier molecular flexibility index (Phi) is 1.43. The summed E-state index contributed by atoms with van der Waals surface area (Å²) in [5.41, 5.74) is 1.09. The Balaban J connectivity index is 2.82. The van der Waals surface area contributed by atoms with Gasteiger partial charge in [0.25, 0.3) is 0 Å². The van der Waals surface area contributed by atoms with E-state index in [4.69, 9.17) is 0 Å². The highest BCUT2D eigenvalue weighted by Gasteiger charge is 1.97. The smallest absolute Gasteiger partial charge is 0.0529 e. The molecule has 0 aromatic carbocycles. The van der Waals surface area contributed by atoms with Gasteiger partial charge in [0.05, 0.1) is 4.70 Å². The molecule has 0 aliphatic rings. The third-order valence-corrected chi connectivity index (χ3v) is 2.66. The van der Waals surface area contributed by atoms with Crippen LogP contribution in [0.4, 0.5) is 0 Å². The van der Waals surface area contributed by atoms with E-state index in [-0.39, 0.29) is 0 Å². The zero-order valence-corrected chi connectivity index (χ0v) is 7.40. The van der Waals surface area contributed by atoms with Gasteiger partial charge in [-0.15, -0.1) is 11.3 Å². The van der Waals surface area contributed by atoms with E-state index in [1.807, 2.05) is 13.1 Å². The molecule has 0 atom stereocenters. The van der Waals surface area contributed by atoms with Crippen LogP contribution < -0.4 is 0 Å². The molecule has 0 unspecified atom stereocenters. The Labute approximate surface area is 69.7 Å². The lowest BCUT2D eigenvalue weighted by molar-refractivity contribution is 1.23. The van der Waals surface area contributed by atoms with Crippen molar-refractivity contribution >= 4 is 21.4 Å². The maximum Gasteiger partial charge on any atom is 0.0529 e. The SMILES string of the molecule is Cc1cc2cc(C)sc2cn1. The van der Waals surface area contributed by atoms with Crippen molar-refractivity contribution in [3.63, 3.8) is 0 Å². The molecule has 56 valence electrons. The molecule has 2 aromatic heterocycles. The van der Waals surface area contributed by atoms with Crippen LogP contribution in [0.3, 0.4) is 0 Å². The first-order valence-electron chi connectivity index (χ1n) is 3.58. The van der Waals surface area contributed by atoms with Crippen molar-refractivity contribution in [3.8, 4) is 0 Å². The molecule has 0 amide bonds. The zero-order chi connectivity index (χ0) is 7.84. The molecule has 0 N–H and O–H groups in total. The van der Waals surface area contributed by atoms with Crippen molar-refractivity contribution in [1.82, 2.24) is 4.98 Å². The standard InChI is InChI=1S/C9H9NS/c1-6-3-8-4-7(2)11-9(8)5-10-6/h3-5H,1-2H3. The maximum atomic E-state index is 4.23. The van der Waals surface area contributed by atoms with Gasteiger partial charge in [0, 0.05) is 16.8 Å². The summed E-state index contributed by atoms with van der Waals surface area (Å²) in [4.78, 5) is 5.59. The molecule has 0 bridgehead atoms. The molecule has 0 aliphatic heterocycles. The van der Waals surface area contributed by atoms with Gasteiger partial charge in [-0.1, -0.05) is 0 Å². The van der Waals surface area contributed by atoms with Gasteiger partial charge < -0.3 is 0 Å². The lowest BCUT2D eigenvalue weighted by Gasteiger charge is -1.89. The van der Waals surface area contributed by atoms with E-state index in [0.29, 0.717) is 0 Å². The van der Waals surface area contributed by atoms with E-state index in [1.54, 1.807) is 11.3 Å². The van der Waals surface area contributed by atoms with Gasteiger partial charge in [-0.3, -0.25) is 4.98 Å². The minimum Gasteiger partial charge on any atom is -0.260 e. The number of aromatic nitrogens is 1.